The molecular weight excluding hydrogens is 378 g/mol. The van der Waals surface area contributed by atoms with Gasteiger partial charge in [-0.15, -0.1) is 0 Å². The molecule has 1 aliphatic rings. The Morgan fingerprint density at radius 1 is 1.03 bits per heavy atom. The van der Waals surface area contributed by atoms with Crippen molar-refractivity contribution in [3.8, 4) is 5.69 Å². The van der Waals surface area contributed by atoms with E-state index in [1.165, 1.54) is 28.8 Å². The molecule has 150 valence electrons. The third kappa shape index (κ3) is 3.83. The summed E-state index contributed by atoms with van der Waals surface area (Å²) in [5, 5.41) is 6.46. The van der Waals surface area contributed by atoms with Crippen LogP contribution in [0.4, 0.5) is 8.78 Å². The summed E-state index contributed by atoms with van der Waals surface area (Å²) in [6.45, 7) is 0.984. The fourth-order valence-corrected chi connectivity index (χ4v) is 3.75. The molecule has 29 heavy (non-hydrogen) atoms. The smallest absolute Gasteiger partial charge is 0.339 e. The molecule has 1 saturated heterocycles. The Kier molecular flexibility index (Phi) is 5.24. The van der Waals surface area contributed by atoms with E-state index in [-0.39, 0.29) is 23.1 Å². The highest BCUT2D eigenvalue weighted by atomic mass is 19.1. The van der Waals surface area contributed by atoms with Crippen LogP contribution in [0.2, 0.25) is 0 Å². The quantitative estimate of drug-likeness (QED) is 0.735. The summed E-state index contributed by atoms with van der Waals surface area (Å²) >= 11 is 0. The van der Waals surface area contributed by atoms with E-state index in [2.05, 4.69) is 10.2 Å². The molecule has 6 nitrogen and oxygen atoms in total. The highest BCUT2D eigenvalue weighted by molar-refractivity contribution is 5.94. The average Bonchev–Trinajstić information content (AvgIpc) is 3.09. The third-order valence-corrected chi connectivity index (χ3v) is 5.31. The van der Waals surface area contributed by atoms with Crippen molar-refractivity contribution in [2.45, 2.75) is 19.3 Å². The minimum Gasteiger partial charge on any atom is -0.339 e. The number of nitrogens with one attached hydrogen (secondary N) is 1. The van der Waals surface area contributed by atoms with Crippen molar-refractivity contribution in [3.63, 3.8) is 0 Å². The molecule has 1 amide bonds. The van der Waals surface area contributed by atoms with Crippen molar-refractivity contribution < 1.29 is 13.6 Å². The average molecular weight is 398 g/mol. The molecule has 0 saturated carbocycles. The van der Waals surface area contributed by atoms with Crippen molar-refractivity contribution >= 4 is 5.91 Å². The third-order valence-electron chi connectivity index (χ3n) is 5.31. The van der Waals surface area contributed by atoms with Gasteiger partial charge in [-0.25, -0.2) is 23.2 Å². The molecular formula is C21H20F2N4O2. The number of likely N-dealkylation sites (tertiary alicyclic amines) is 1. The van der Waals surface area contributed by atoms with Crippen LogP contribution >= 0.6 is 0 Å². The minimum atomic E-state index is -0.523. The van der Waals surface area contributed by atoms with Crippen LogP contribution in [0.5, 0.6) is 0 Å². The van der Waals surface area contributed by atoms with Gasteiger partial charge in [0.1, 0.15) is 17.5 Å². The van der Waals surface area contributed by atoms with Crippen LogP contribution in [-0.4, -0.2) is 38.7 Å². The molecule has 0 spiro atoms. The van der Waals surface area contributed by atoms with Crippen LogP contribution in [0.1, 0.15) is 29.0 Å². The lowest BCUT2D eigenvalue weighted by Crippen LogP contribution is -2.39. The van der Waals surface area contributed by atoms with E-state index in [0.717, 1.165) is 0 Å². The van der Waals surface area contributed by atoms with Crippen LogP contribution in [0.15, 0.2) is 53.3 Å². The Hall–Kier alpha value is -3.29. The fourth-order valence-electron chi connectivity index (χ4n) is 3.75. The molecule has 2 heterocycles. The van der Waals surface area contributed by atoms with E-state index in [4.69, 9.17) is 0 Å². The SMILES string of the molecule is O=C(c1ccccc1F)N1CCC(Cc2n[nH]c(=O)n2-c2ccccc2F)CC1. The number of carbonyl (C=O) groups excluding carboxylic acids is 1. The topological polar surface area (TPSA) is 71.0 Å². The molecule has 3 aromatic rings. The number of nitrogens with zero attached hydrogens (tertiary/aromatic N) is 3. The van der Waals surface area contributed by atoms with Gasteiger partial charge in [-0.3, -0.25) is 4.79 Å². The Morgan fingerprint density at radius 3 is 2.38 bits per heavy atom. The number of hydrogen-bond acceptors (Lipinski definition) is 3. The number of para-hydroxylation sites is 1. The predicted molar refractivity (Wildman–Crippen MR) is 103 cm³/mol. The number of benzene rings is 2. The van der Waals surface area contributed by atoms with Crippen molar-refractivity contribution in [2.24, 2.45) is 5.92 Å². The van der Waals surface area contributed by atoms with E-state index >= 15 is 0 Å². The molecule has 2 aromatic carbocycles. The van der Waals surface area contributed by atoms with E-state index in [9.17, 15) is 18.4 Å². The monoisotopic (exact) mass is 398 g/mol. The normalized spacial score (nSPS) is 14.9. The molecule has 0 bridgehead atoms. The molecule has 0 aliphatic carbocycles. The van der Waals surface area contributed by atoms with Gasteiger partial charge in [0.2, 0.25) is 0 Å². The van der Waals surface area contributed by atoms with Gasteiger partial charge in [-0.05, 0) is 43.0 Å². The van der Waals surface area contributed by atoms with E-state index in [1.807, 2.05) is 0 Å². The van der Waals surface area contributed by atoms with Gasteiger partial charge >= 0.3 is 5.69 Å². The number of amides is 1. The number of rotatable bonds is 4. The maximum atomic E-state index is 14.1. The van der Waals surface area contributed by atoms with Crippen LogP contribution < -0.4 is 5.69 Å². The number of hydrogen-bond donors (Lipinski definition) is 1. The lowest BCUT2D eigenvalue weighted by Gasteiger charge is -2.32. The molecule has 0 radical (unpaired) electrons. The number of aromatic amines is 1. The number of piperidine rings is 1. The number of H-pyrrole nitrogens is 1. The summed E-state index contributed by atoms with van der Waals surface area (Å²) in [7, 11) is 0. The van der Waals surface area contributed by atoms with Crippen molar-refractivity contribution in [1.29, 1.82) is 0 Å². The molecule has 8 heteroatoms. The van der Waals surface area contributed by atoms with Gasteiger partial charge in [-0.2, -0.15) is 5.10 Å². The second-order valence-corrected chi connectivity index (χ2v) is 7.15. The van der Waals surface area contributed by atoms with Gasteiger partial charge in [0, 0.05) is 19.5 Å². The Labute approximate surface area is 165 Å². The maximum absolute atomic E-state index is 14.1. The predicted octanol–water partition coefficient (Wildman–Crippen LogP) is 2.93. The van der Waals surface area contributed by atoms with E-state index < -0.39 is 17.3 Å². The van der Waals surface area contributed by atoms with E-state index in [0.29, 0.717) is 38.2 Å². The summed E-state index contributed by atoms with van der Waals surface area (Å²) in [6, 6.07) is 12.0. The van der Waals surface area contributed by atoms with Gasteiger partial charge < -0.3 is 4.90 Å². The molecule has 1 aliphatic heterocycles. The fraction of sp³-hybridized carbons (Fsp3) is 0.286. The number of halogens is 2. The Balaban J connectivity index is 1.45. The minimum absolute atomic E-state index is 0.0756. The molecule has 0 atom stereocenters. The number of aromatic nitrogens is 3. The zero-order chi connectivity index (χ0) is 20.4. The van der Waals surface area contributed by atoms with Crippen LogP contribution in [0.3, 0.4) is 0 Å². The van der Waals surface area contributed by atoms with Crippen molar-refractivity contribution in [2.75, 3.05) is 13.1 Å². The van der Waals surface area contributed by atoms with Crippen LogP contribution in [0, 0.1) is 17.6 Å². The first kappa shape index (κ1) is 19.0. The zero-order valence-electron chi connectivity index (χ0n) is 15.6. The zero-order valence-corrected chi connectivity index (χ0v) is 15.6. The lowest BCUT2D eigenvalue weighted by molar-refractivity contribution is 0.0685. The van der Waals surface area contributed by atoms with Gasteiger partial charge in [0.25, 0.3) is 5.91 Å². The lowest BCUT2D eigenvalue weighted by atomic mass is 9.92. The van der Waals surface area contributed by atoms with Crippen LogP contribution in [-0.2, 0) is 6.42 Å². The van der Waals surface area contributed by atoms with E-state index in [1.54, 1.807) is 29.2 Å². The second kappa shape index (κ2) is 7.98. The highest BCUT2D eigenvalue weighted by Crippen LogP contribution is 2.23. The Bertz CT molecular complexity index is 1080. The maximum Gasteiger partial charge on any atom is 0.348 e. The summed E-state index contributed by atoms with van der Waals surface area (Å²) in [4.78, 5) is 26.3. The molecule has 1 aromatic heterocycles. The first-order valence-corrected chi connectivity index (χ1v) is 9.49. The van der Waals surface area contributed by atoms with Crippen LogP contribution in [0.25, 0.3) is 5.69 Å². The standard InChI is InChI=1S/C21H20F2N4O2/c22-16-6-2-1-5-15(16)20(28)26-11-9-14(10-12-26)13-19-24-25-21(29)27(19)18-8-4-3-7-17(18)23/h1-8,14H,9-13H2,(H,25,29). The number of carbonyl (C=O) groups is 1. The first-order valence-electron chi connectivity index (χ1n) is 9.49. The Morgan fingerprint density at radius 2 is 1.69 bits per heavy atom. The second-order valence-electron chi connectivity index (χ2n) is 7.15. The summed E-state index contributed by atoms with van der Waals surface area (Å²) in [5.74, 6) is -0.698. The summed E-state index contributed by atoms with van der Waals surface area (Å²) in [5.41, 5.74) is -0.252. The van der Waals surface area contributed by atoms with Gasteiger partial charge in [-0.1, -0.05) is 24.3 Å². The molecule has 0 unspecified atom stereocenters. The summed E-state index contributed by atoms with van der Waals surface area (Å²) < 4.78 is 29.3. The van der Waals surface area contributed by atoms with Gasteiger partial charge in [0.05, 0.1) is 11.3 Å². The molecule has 1 fully saturated rings. The first-order chi connectivity index (χ1) is 14.0. The molecule has 4 rings (SSSR count). The van der Waals surface area contributed by atoms with Crippen molar-refractivity contribution in [1.82, 2.24) is 19.7 Å². The molecule has 1 N–H and O–H groups in total. The summed E-state index contributed by atoms with van der Waals surface area (Å²) in [6.07, 6.45) is 1.87. The van der Waals surface area contributed by atoms with Crippen molar-refractivity contribution in [3.05, 3.63) is 82.0 Å². The highest BCUT2D eigenvalue weighted by Gasteiger charge is 2.27. The largest absolute Gasteiger partial charge is 0.348 e. The van der Waals surface area contributed by atoms with Gasteiger partial charge in [0.15, 0.2) is 0 Å².